The molecule has 105 heavy (non-hydrogen) atoms. The van der Waals surface area contributed by atoms with Crippen LogP contribution in [0.3, 0.4) is 0 Å². The summed E-state index contributed by atoms with van der Waals surface area (Å²) in [4.78, 5) is 41.2. The number of aromatic nitrogens is 7. The van der Waals surface area contributed by atoms with Crippen LogP contribution in [0.15, 0.2) is 34.4 Å². The number of methoxy groups -OCH3 is 4. The van der Waals surface area contributed by atoms with Gasteiger partial charge in [0.2, 0.25) is 29.5 Å². The Kier molecular flexibility index (Phi) is 54.5. The fourth-order valence-corrected chi connectivity index (χ4v) is 9.30. The van der Waals surface area contributed by atoms with Gasteiger partial charge < -0.3 is 30.2 Å². The van der Waals surface area contributed by atoms with Gasteiger partial charge in [0.15, 0.2) is 52.1 Å². The minimum absolute atomic E-state index is 0. The van der Waals surface area contributed by atoms with Crippen molar-refractivity contribution in [2.75, 3.05) is 39.7 Å². The number of pyridine rings is 6. The summed E-state index contributed by atoms with van der Waals surface area (Å²) in [6, 6.07) is 6.61. The highest BCUT2D eigenvalue weighted by molar-refractivity contribution is 6.32. The van der Waals surface area contributed by atoms with Crippen LogP contribution in [-0.4, -0.2) is 62.4 Å². The molecule has 21 nitrogen and oxygen atoms in total. The number of nitrogens with one attached hydrogen (secondary N) is 1. The highest BCUT2D eigenvalue weighted by atomic mass is 35.5. The molecule has 7 heterocycles. The third-order valence-electron chi connectivity index (χ3n) is 14.7. The number of fused-ring (bicyclic) bond motifs is 1. The van der Waals surface area contributed by atoms with E-state index < -0.39 is 75.7 Å². The molecule has 4 aliphatic carbocycles. The molecule has 2 unspecified atom stereocenters. The predicted molar refractivity (Wildman–Crippen MR) is 401 cm³/mol. The maximum atomic E-state index is 13.7. The van der Waals surface area contributed by atoms with Crippen molar-refractivity contribution in [3.8, 4) is 41.2 Å². The molecule has 0 spiro atoms. The van der Waals surface area contributed by atoms with Gasteiger partial charge in [0, 0.05) is 34.2 Å². The van der Waals surface area contributed by atoms with Gasteiger partial charge in [-0.3, -0.25) is 30.8 Å². The molecule has 4 fully saturated rings. The lowest BCUT2D eigenvalue weighted by molar-refractivity contribution is 0.349. The van der Waals surface area contributed by atoms with Crippen LogP contribution < -0.4 is 59.0 Å². The van der Waals surface area contributed by atoms with E-state index in [0.29, 0.717) is 55.7 Å². The average molecular weight is 1540 g/mol. The normalized spacial score (nSPS) is 12.3. The fourth-order valence-electron chi connectivity index (χ4n) is 9.01. The first-order valence-electron chi connectivity index (χ1n) is 28.2. The molecule has 0 radical (unpaired) electrons. The Hall–Kier alpha value is -9.06. The maximum absolute atomic E-state index is 13.7. The zero-order valence-electron chi connectivity index (χ0n) is 52.4. The summed E-state index contributed by atoms with van der Waals surface area (Å²) >= 11 is 11.7. The number of nitriles is 3. The van der Waals surface area contributed by atoms with Gasteiger partial charge >= 0.3 is 5.69 Å². The first-order chi connectivity index (χ1) is 44.5. The van der Waals surface area contributed by atoms with E-state index in [1.54, 1.807) is 20.8 Å². The molecular formula is C72H111Cl2F10N15O6. The molecule has 7 aromatic rings. The number of rotatable bonds is 11. The molecule has 9 N–H and O–H groups in total. The maximum Gasteiger partial charge on any atom is 0.354 e. The lowest BCUT2D eigenvalue weighted by Gasteiger charge is -2.13. The highest BCUT2D eigenvalue weighted by Gasteiger charge is 2.37. The molecule has 0 aromatic carbocycles. The molecule has 0 aliphatic heterocycles. The van der Waals surface area contributed by atoms with Gasteiger partial charge in [-0.15, -0.1) is 0 Å². The number of nitrogens with zero attached hydrogens (tertiary/aromatic N) is 10. The van der Waals surface area contributed by atoms with Crippen molar-refractivity contribution in [2.24, 2.45) is 35.3 Å². The van der Waals surface area contributed by atoms with Crippen molar-refractivity contribution in [3.63, 3.8) is 0 Å². The Morgan fingerprint density at radius 1 is 0.524 bits per heavy atom. The molecule has 7 aromatic heterocycles. The number of aryl methyl sites for hydroxylation is 1. The number of hydrogen-bond acceptors (Lipinski definition) is 19. The number of nitrogens with two attached hydrogens (primary N) is 4. The lowest BCUT2D eigenvalue weighted by Crippen LogP contribution is -2.44. The second-order valence-corrected chi connectivity index (χ2v) is 21.9. The molecule has 0 amide bonds. The van der Waals surface area contributed by atoms with Crippen LogP contribution in [0.4, 0.5) is 49.7 Å². The fraction of sp³-hybridized carbons (Fsp3) is 0.500. The quantitative estimate of drug-likeness (QED) is 0.0348. The van der Waals surface area contributed by atoms with Gasteiger partial charge in [-0.2, -0.15) is 56.8 Å². The Morgan fingerprint density at radius 2 is 0.914 bits per heavy atom. The Balaban J connectivity index is -0.000000173. The van der Waals surface area contributed by atoms with Crippen molar-refractivity contribution >= 4 is 34.5 Å². The summed E-state index contributed by atoms with van der Waals surface area (Å²) in [6.45, 7) is 9.07. The van der Waals surface area contributed by atoms with Crippen molar-refractivity contribution in [1.29, 1.82) is 15.8 Å². The summed E-state index contributed by atoms with van der Waals surface area (Å²) in [5, 5.41) is 26.2. The Morgan fingerprint density at radius 3 is 1.30 bits per heavy atom. The SMILES string of the molecule is C.C.C.C.C.C.C.C.C.C.C.COc1c(C)c(F)nc(F)c1F.COc1c(C)c(F)nc(NN)c1F.COc1c(F)cnc(C(C#N)C2CC2)c1C.COc1c(F)cnc(F)c1C.Cc1c(C(C#N)C2CC2)ncc(F)c1Cl.Cc1c(Cl)c(F)cn2c(=O)n(N)c(=O)c(C3CC3)c12.N#CCC1CC1.NN. The van der Waals surface area contributed by atoms with E-state index in [-0.39, 0.29) is 149 Å². The summed E-state index contributed by atoms with van der Waals surface area (Å²) in [5.74, 6) is 10.1. The van der Waals surface area contributed by atoms with Gasteiger partial charge in [-0.05, 0) is 128 Å². The van der Waals surface area contributed by atoms with E-state index >= 15 is 0 Å². The number of nitrogen functional groups attached to an aromatic ring is 2. The van der Waals surface area contributed by atoms with E-state index in [1.807, 2.05) is 5.43 Å². The van der Waals surface area contributed by atoms with Crippen molar-refractivity contribution in [3.05, 3.63) is 165 Å². The van der Waals surface area contributed by atoms with Crippen LogP contribution in [0, 0.1) is 152 Å². The standard InChI is InChI=1S/C12H11ClFN3O2.C12H13FN2O.C11H10ClFN2.C7H6F3NO.C7H9F2N3O.C7H7F2NO.C5H7N.11CH4.H4N2/c1-5-9(13)7(14)4-16-10(5)8(6-2-3-6)11(18)17(15)12(16)19;1-7-11(9(5-14)8-3-4-8)15-6-10(13)12(7)16-2;1-6-10(12)9(13)5-15-11(6)8(4-14)7-2-3-7;1-3-5(12-2)4(8)7(10)11-6(3)9;1-3-5(13-2)4(8)7(12-10)11-6(3)9;1-4-6(11-2)5(8)3-10-7(4)9;6-4-3-5-1-2-5;;;;;;;;;;;;1-2/h4,6H,2-3,15H2,1H3;6,8-9H,3-4H2,1-2H3;5,7-8H,2-3H2,1H3;1-2H3;10H2,1-2H3,(H,11,12);3H,1-2H3;5H,1-3H2;11*1H4;1-2H2. The molecule has 11 rings (SSSR count). The number of anilines is 1. The van der Waals surface area contributed by atoms with E-state index in [1.165, 1.54) is 54.9 Å². The molecule has 594 valence electrons. The van der Waals surface area contributed by atoms with Gasteiger partial charge in [0.1, 0.15) is 0 Å². The van der Waals surface area contributed by atoms with Crippen molar-refractivity contribution < 1.29 is 62.9 Å². The predicted octanol–water partition coefficient (Wildman–Crippen LogP) is 18.5. The molecule has 2 atom stereocenters. The van der Waals surface area contributed by atoms with Gasteiger partial charge in [-0.25, -0.2) is 33.2 Å². The Labute approximate surface area is 624 Å². The van der Waals surface area contributed by atoms with Crippen LogP contribution in [0.2, 0.25) is 10.0 Å². The lowest BCUT2D eigenvalue weighted by atomic mass is 9.97. The smallest absolute Gasteiger partial charge is 0.354 e. The van der Waals surface area contributed by atoms with Gasteiger partial charge in [0.25, 0.3) is 11.5 Å². The number of ether oxygens (including phenoxy) is 4. The molecule has 0 saturated heterocycles. The van der Waals surface area contributed by atoms with Crippen LogP contribution in [0.25, 0.3) is 5.52 Å². The number of hydrogen-bond donors (Lipinski definition) is 5. The first-order valence-corrected chi connectivity index (χ1v) is 29.0. The van der Waals surface area contributed by atoms with Crippen molar-refractivity contribution in [1.82, 2.24) is 34.0 Å². The number of hydrazine groups is 2. The minimum Gasteiger partial charge on any atom is -0.493 e. The van der Waals surface area contributed by atoms with Crippen LogP contribution >= 0.6 is 23.2 Å². The van der Waals surface area contributed by atoms with Crippen LogP contribution in [0.1, 0.15) is 208 Å². The van der Waals surface area contributed by atoms with E-state index in [0.717, 1.165) is 87.2 Å². The summed E-state index contributed by atoms with van der Waals surface area (Å²) in [6.07, 6.45) is 13.3. The summed E-state index contributed by atoms with van der Waals surface area (Å²) in [5.41, 5.74) is 4.32. The molecule has 0 bridgehead atoms. The molecule has 4 saturated carbocycles. The summed E-state index contributed by atoms with van der Waals surface area (Å²) < 4.78 is 149. The van der Waals surface area contributed by atoms with E-state index in [9.17, 15) is 53.5 Å². The third-order valence-corrected chi connectivity index (χ3v) is 15.6. The zero-order chi connectivity index (χ0) is 70.7. The Bertz CT molecular complexity index is 4080. The van der Waals surface area contributed by atoms with Crippen LogP contribution in [0.5, 0.6) is 23.0 Å². The average Bonchev–Trinajstić information content (AvgIpc) is 1.46. The first kappa shape index (κ1) is 112. The molecular weight excluding hydrogens is 1430 g/mol. The highest BCUT2D eigenvalue weighted by Crippen LogP contribution is 2.45. The largest absolute Gasteiger partial charge is 0.493 e. The van der Waals surface area contributed by atoms with Crippen LogP contribution in [-0.2, 0) is 0 Å². The third kappa shape index (κ3) is 28.1. The zero-order valence-corrected chi connectivity index (χ0v) is 53.9. The second kappa shape index (κ2) is 51.2. The topological polar surface area (TPSA) is 332 Å². The number of halogens is 12. The van der Waals surface area contributed by atoms with E-state index in [2.05, 4.69) is 69.0 Å². The second-order valence-electron chi connectivity index (χ2n) is 21.1. The molecule has 4 aliphatic rings. The summed E-state index contributed by atoms with van der Waals surface area (Å²) in [7, 11) is 5.08. The van der Waals surface area contributed by atoms with Crippen molar-refractivity contribution in [2.45, 2.75) is 199 Å². The van der Waals surface area contributed by atoms with Gasteiger partial charge in [0.05, 0.1) is 110 Å². The van der Waals surface area contributed by atoms with Gasteiger partial charge in [-0.1, -0.05) is 105 Å². The molecule has 33 heteroatoms. The monoisotopic (exact) mass is 1540 g/mol. The van der Waals surface area contributed by atoms with E-state index in [4.69, 9.17) is 55.4 Å². The minimum atomic E-state index is -1.49.